The van der Waals surface area contributed by atoms with Gasteiger partial charge in [-0.05, 0) is 43.2 Å². The largest absolute Gasteiger partial charge is 0.478 e. The number of aromatic nitrogens is 2. The molecule has 1 heterocycles. The van der Waals surface area contributed by atoms with Crippen molar-refractivity contribution in [2.24, 2.45) is 0 Å². The number of nitrogens with zero attached hydrogens (tertiary/aromatic N) is 2. The van der Waals surface area contributed by atoms with E-state index in [9.17, 15) is 9.90 Å². The highest BCUT2D eigenvalue weighted by Gasteiger charge is 2.10. The lowest BCUT2D eigenvalue weighted by Gasteiger charge is -2.10. The Morgan fingerprint density at radius 2 is 1.77 bits per heavy atom. The van der Waals surface area contributed by atoms with Crippen LogP contribution in [0.15, 0.2) is 54.9 Å². The smallest absolute Gasteiger partial charge is 0.335 e. The van der Waals surface area contributed by atoms with Crippen LogP contribution < -0.4 is 0 Å². The van der Waals surface area contributed by atoms with Crippen LogP contribution in [0.25, 0.3) is 16.8 Å². The van der Waals surface area contributed by atoms with Gasteiger partial charge in [-0.1, -0.05) is 29.8 Å². The van der Waals surface area contributed by atoms with Crippen molar-refractivity contribution in [3.05, 3.63) is 71.8 Å². The highest BCUT2D eigenvalue weighted by atomic mass is 16.4. The van der Waals surface area contributed by atoms with Crippen molar-refractivity contribution in [3.63, 3.8) is 0 Å². The minimum absolute atomic E-state index is 0.265. The molecule has 0 amide bonds. The van der Waals surface area contributed by atoms with E-state index in [0.29, 0.717) is 0 Å². The van der Waals surface area contributed by atoms with E-state index in [1.165, 1.54) is 5.56 Å². The minimum atomic E-state index is -0.937. The molecule has 0 aliphatic heterocycles. The van der Waals surface area contributed by atoms with E-state index in [2.05, 4.69) is 4.98 Å². The highest BCUT2D eigenvalue weighted by Crippen LogP contribution is 2.25. The number of imidazole rings is 1. The zero-order valence-corrected chi connectivity index (χ0v) is 12.4. The van der Waals surface area contributed by atoms with Crippen LogP contribution >= 0.6 is 0 Å². The number of hydrogen-bond acceptors (Lipinski definition) is 2. The Balaban J connectivity index is 2.18. The summed E-state index contributed by atoms with van der Waals surface area (Å²) in [5.41, 5.74) is 4.10. The first-order valence-corrected chi connectivity index (χ1v) is 7.00. The zero-order chi connectivity index (χ0) is 15.7. The molecule has 0 bridgehead atoms. The van der Waals surface area contributed by atoms with Crippen molar-refractivity contribution in [2.75, 3.05) is 0 Å². The molecule has 0 spiro atoms. The third kappa shape index (κ3) is 2.63. The lowest BCUT2D eigenvalue weighted by atomic mass is 10.0. The van der Waals surface area contributed by atoms with Crippen LogP contribution in [0, 0.1) is 13.8 Å². The zero-order valence-electron chi connectivity index (χ0n) is 12.4. The lowest BCUT2D eigenvalue weighted by Crippen LogP contribution is -2.02. The molecule has 4 heteroatoms. The monoisotopic (exact) mass is 292 g/mol. The molecule has 1 aromatic heterocycles. The molecule has 0 aliphatic rings. The van der Waals surface area contributed by atoms with E-state index in [4.69, 9.17) is 0 Å². The molecule has 1 N–H and O–H groups in total. The maximum Gasteiger partial charge on any atom is 0.335 e. The summed E-state index contributed by atoms with van der Waals surface area (Å²) in [6.07, 6.45) is 3.53. The average Bonchev–Trinajstić information content (AvgIpc) is 2.93. The summed E-state index contributed by atoms with van der Waals surface area (Å²) in [5.74, 6) is -0.120. The van der Waals surface area contributed by atoms with Crippen molar-refractivity contribution in [2.45, 2.75) is 13.8 Å². The first-order valence-electron chi connectivity index (χ1n) is 7.00. The van der Waals surface area contributed by atoms with Gasteiger partial charge < -0.3 is 9.67 Å². The third-order valence-corrected chi connectivity index (χ3v) is 3.65. The van der Waals surface area contributed by atoms with Crippen LogP contribution in [0.5, 0.6) is 0 Å². The van der Waals surface area contributed by atoms with Gasteiger partial charge in [-0.3, -0.25) is 0 Å². The van der Waals surface area contributed by atoms with Gasteiger partial charge in [-0.15, -0.1) is 0 Å². The van der Waals surface area contributed by atoms with Crippen LogP contribution in [-0.2, 0) is 0 Å². The fraction of sp³-hybridized carbons (Fsp3) is 0.111. The number of aryl methyl sites for hydroxylation is 2. The van der Waals surface area contributed by atoms with Gasteiger partial charge >= 0.3 is 5.97 Å². The summed E-state index contributed by atoms with van der Waals surface area (Å²) in [4.78, 5) is 15.6. The van der Waals surface area contributed by atoms with Crippen molar-refractivity contribution >= 4 is 5.97 Å². The van der Waals surface area contributed by atoms with Crippen LogP contribution in [0.2, 0.25) is 0 Å². The number of carboxylic acids is 1. The van der Waals surface area contributed by atoms with Gasteiger partial charge in [0.05, 0.1) is 5.56 Å². The van der Waals surface area contributed by atoms with Gasteiger partial charge in [0.15, 0.2) is 0 Å². The maximum absolute atomic E-state index is 11.4. The Morgan fingerprint density at radius 3 is 2.36 bits per heavy atom. The summed E-state index contributed by atoms with van der Waals surface area (Å²) in [5, 5.41) is 9.37. The standard InChI is InChI=1S/C18H16N2O2/c1-12-3-5-14(6-4-12)15-9-16(18(21)22)11-17(10-15)20-8-7-19-13(20)2/h3-11H,1-2H3,(H,21,22). The van der Waals surface area contributed by atoms with Crippen molar-refractivity contribution < 1.29 is 9.90 Å². The summed E-state index contributed by atoms with van der Waals surface area (Å²) >= 11 is 0. The molecule has 22 heavy (non-hydrogen) atoms. The first-order chi connectivity index (χ1) is 10.5. The molecule has 0 fully saturated rings. The average molecular weight is 292 g/mol. The number of rotatable bonds is 3. The van der Waals surface area contributed by atoms with E-state index < -0.39 is 5.97 Å². The Hall–Kier alpha value is -2.88. The van der Waals surface area contributed by atoms with Gasteiger partial charge in [-0.25, -0.2) is 9.78 Å². The van der Waals surface area contributed by atoms with Gasteiger partial charge in [0.25, 0.3) is 0 Å². The molecular formula is C18H16N2O2. The first kappa shape index (κ1) is 14.1. The second-order valence-electron chi connectivity index (χ2n) is 5.28. The lowest BCUT2D eigenvalue weighted by molar-refractivity contribution is 0.0697. The van der Waals surface area contributed by atoms with Crippen LogP contribution in [0.3, 0.4) is 0 Å². The van der Waals surface area contributed by atoms with E-state index >= 15 is 0 Å². The summed E-state index contributed by atoms with van der Waals surface area (Å²) in [6.45, 7) is 3.91. The normalized spacial score (nSPS) is 10.6. The molecule has 0 saturated heterocycles. The molecule has 4 nitrogen and oxygen atoms in total. The number of carbonyl (C=O) groups is 1. The van der Waals surface area contributed by atoms with Crippen molar-refractivity contribution in [3.8, 4) is 16.8 Å². The Labute approximate surface area is 128 Å². The predicted octanol–water partition coefficient (Wildman–Crippen LogP) is 3.85. The van der Waals surface area contributed by atoms with Gasteiger partial charge in [0.1, 0.15) is 5.82 Å². The van der Waals surface area contributed by atoms with Crippen LogP contribution in [0.4, 0.5) is 0 Å². The van der Waals surface area contributed by atoms with Crippen LogP contribution in [-0.4, -0.2) is 20.6 Å². The maximum atomic E-state index is 11.4. The third-order valence-electron chi connectivity index (χ3n) is 3.65. The molecule has 0 atom stereocenters. The SMILES string of the molecule is Cc1ccc(-c2cc(C(=O)O)cc(-n3ccnc3C)c2)cc1. The Bertz CT molecular complexity index is 833. The number of carboxylic acid groups (broad SMARTS) is 1. The van der Waals surface area contributed by atoms with E-state index in [-0.39, 0.29) is 5.56 Å². The minimum Gasteiger partial charge on any atom is -0.478 e. The van der Waals surface area contributed by atoms with Crippen molar-refractivity contribution in [1.82, 2.24) is 9.55 Å². The van der Waals surface area contributed by atoms with E-state index in [1.54, 1.807) is 18.3 Å². The van der Waals surface area contributed by atoms with Crippen LogP contribution in [0.1, 0.15) is 21.7 Å². The number of aromatic carboxylic acids is 1. The van der Waals surface area contributed by atoms with E-state index in [0.717, 1.165) is 22.6 Å². The molecule has 0 unspecified atom stereocenters. The summed E-state index contributed by atoms with van der Waals surface area (Å²) < 4.78 is 1.88. The molecule has 3 aromatic rings. The second kappa shape index (κ2) is 5.48. The molecule has 0 radical (unpaired) electrons. The summed E-state index contributed by atoms with van der Waals surface area (Å²) in [7, 11) is 0. The van der Waals surface area contributed by atoms with Gasteiger partial charge in [0, 0.05) is 18.1 Å². The van der Waals surface area contributed by atoms with Crippen molar-refractivity contribution in [1.29, 1.82) is 0 Å². The highest BCUT2D eigenvalue weighted by molar-refractivity contribution is 5.90. The molecule has 2 aromatic carbocycles. The number of hydrogen-bond donors (Lipinski definition) is 1. The topological polar surface area (TPSA) is 55.1 Å². The predicted molar refractivity (Wildman–Crippen MR) is 85.4 cm³/mol. The molecule has 0 aliphatic carbocycles. The van der Waals surface area contributed by atoms with Gasteiger partial charge in [-0.2, -0.15) is 0 Å². The second-order valence-corrected chi connectivity index (χ2v) is 5.28. The van der Waals surface area contributed by atoms with E-state index in [1.807, 2.05) is 54.9 Å². The number of benzene rings is 2. The van der Waals surface area contributed by atoms with Gasteiger partial charge in [0.2, 0.25) is 0 Å². The molecule has 3 rings (SSSR count). The molecular weight excluding hydrogens is 276 g/mol. The quantitative estimate of drug-likeness (QED) is 0.797. The Morgan fingerprint density at radius 1 is 1.05 bits per heavy atom. The fourth-order valence-electron chi connectivity index (χ4n) is 2.44. The molecule has 110 valence electrons. The summed E-state index contributed by atoms with van der Waals surface area (Å²) in [6, 6.07) is 13.4. The fourth-order valence-corrected chi connectivity index (χ4v) is 2.44. The molecule has 0 saturated carbocycles. The Kier molecular flexibility index (Phi) is 3.51.